The van der Waals surface area contributed by atoms with Crippen LogP contribution in [0.5, 0.6) is 0 Å². The minimum Gasteiger partial charge on any atom is -1.00 e. The van der Waals surface area contributed by atoms with E-state index in [1.807, 2.05) is 0 Å². The molecule has 2 aliphatic carbocycles. The fourth-order valence-corrected chi connectivity index (χ4v) is 14.8. The molecule has 2 aromatic carbocycles. The largest absolute Gasteiger partial charge is 1.00 e. The summed E-state index contributed by atoms with van der Waals surface area (Å²) >= 11 is -1.99. The quantitative estimate of drug-likeness (QED) is 0.615. The molecule has 0 nitrogen and oxygen atoms in total. The van der Waals surface area contributed by atoms with Gasteiger partial charge in [-0.1, -0.05) is 0 Å². The van der Waals surface area contributed by atoms with Crippen molar-refractivity contribution < 1.29 is 41.4 Å². The molecular formula is C24H26Cl2Ti. The van der Waals surface area contributed by atoms with Gasteiger partial charge in [0, 0.05) is 0 Å². The van der Waals surface area contributed by atoms with E-state index >= 15 is 0 Å². The van der Waals surface area contributed by atoms with Gasteiger partial charge in [0.15, 0.2) is 0 Å². The number of hydrogen-bond acceptors (Lipinski definition) is 0. The Balaban J connectivity index is 0.00000105. The molecule has 3 heteroatoms. The Bertz CT molecular complexity index is 891. The molecule has 0 spiro atoms. The summed E-state index contributed by atoms with van der Waals surface area (Å²) in [5, 5.41) is 0. The van der Waals surface area contributed by atoms with E-state index in [9.17, 15) is 0 Å². The molecule has 0 N–H and O–H groups in total. The van der Waals surface area contributed by atoms with Crippen molar-refractivity contribution in [1.29, 1.82) is 0 Å². The molecule has 1 aliphatic heterocycles. The van der Waals surface area contributed by atoms with Gasteiger partial charge in [-0.25, -0.2) is 0 Å². The maximum absolute atomic E-state index is 2.59. The van der Waals surface area contributed by atoms with Crippen molar-refractivity contribution in [3.63, 3.8) is 0 Å². The van der Waals surface area contributed by atoms with Gasteiger partial charge in [-0.05, 0) is 0 Å². The zero-order valence-electron chi connectivity index (χ0n) is 16.4. The van der Waals surface area contributed by atoms with Crippen molar-refractivity contribution in [3.8, 4) is 0 Å². The zero-order chi connectivity index (χ0) is 17.3. The van der Waals surface area contributed by atoms with Crippen LogP contribution >= 0.6 is 0 Å². The van der Waals surface area contributed by atoms with E-state index in [1.54, 1.807) is 11.1 Å². The van der Waals surface area contributed by atoms with Gasteiger partial charge in [0.1, 0.15) is 0 Å². The summed E-state index contributed by atoms with van der Waals surface area (Å²) in [5.74, 6) is 0. The predicted molar refractivity (Wildman–Crippen MR) is 105 cm³/mol. The van der Waals surface area contributed by atoms with E-state index < -0.39 is 16.6 Å². The van der Waals surface area contributed by atoms with Crippen LogP contribution in [0, 0.1) is 27.7 Å². The van der Waals surface area contributed by atoms with Crippen molar-refractivity contribution in [2.75, 3.05) is 0 Å². The third kappa shape index (κ3) is 2.92. The second-order valence-corrected chi connectivity index (χ2v) is 15.8. The normalized spacial score (nSPS) is 21.5. The van der Waals surface area contributed by atoms with E-state index in [1.165, 1.54) is 42.8 Å². The number of allylic oxidation sites excluding steroid dienone is 2. The molecule has 2 atom stereocenters. The molecule has 1 heterocycles. The average molecular weight is 433 g/mol. The molecule has 140 valence electrons. The van der Waals surface area contributed by atoms with Crippen LogP contribution in [0.4, 0.5) is 0 Å². The van der Waals surface area contributed by atoms with E-state index in [0.717, 1.165) is 8.45 Å². The molecule has 0 radical (unpaired) electrons. The van der Waals surface area contributed by atoms with Crippen molar-refractivity contribution in [3.05, 3.63) is 80.9 Å². The second kappa shape index (κ2) is 7.23. The van der Waals surface area contributed by atoms with Crippen molar-refractivity contribution in [2.24, 2.45) is 0 Å². The van der Waals surface area contributed by atoms with Gasteiger partial charge in [-0.15, -0.1) is 0 Å². The number of rotatable bonds is 2. The van der Waals surface area contributed by atoms with E-state index in [-0.39, 0.29) is 24.8 Å². The molecule has 5 rings (SSSR count). The number of aryl methyl sites for hydroxylation is 4. The molecule has 0 aromatic heterocycles. The van der Waals surface area contributed by atoms with E-state index in [0.29, 0.717) is 0 Å². The fraction of sp³-hybridized carbons (Fsp3) is 0.333. The Morgan fingerprint density at radius 2 is 1.00 bits per heavy atom. The molecule has 2 aromatic rings. The topological polar surface area (TPSA) is 0 Å². The number of benzene rings is 2. The minimum absolute atomic E-state index is 0. The van der Waals surface area contributed by atoms with Crippen LogP contribution in [0.3, 0.4) is 0 Å². The van der Waals surface area contributed by atoms with Gasteiger partial charge >= 0.3 is 155 Å². The van der Waals surface area contributed by atoms with Crippen LogP contribution in [-0.4, -0.2) is 0 Å². The number of halogens is 2. The van der Waals surface area contributed by atoms with Crippen LogP contribution < -0.4 is 24.8 Å². The first-order valence-corrected chi connectivity index (χ1v) is 13.6. The van der Waals surface area contributed by atoms with Crippen LogP contribution in [0.25, 0.3) is 12.2 Å². The summed E-state index contributed by atoms with van der Waals surface area (Å²) < 4.78 is 4.58. The Hall–Kier alpha value is -0.786. The maximum Gasteiger partial charge on any atom is -1.00 e. The summed E-state index contributed by atoms with van der Waals surface area (Å²) in [4.78, 5) is 0. The molecule has 1 saturated heterocycles. The Morgan fingerprint density at radius 3 is 1.37 bits per heavy atom. The number of hydrogen-bond donors (Lipinski definition) is 0. The minimum atomic E-state index is -1.99. The Labute approximate surface area is 179 Å². The first-order valence-electron chi connectivity index (χ1n) is 9.59. The monoisotopic (exact) mass is 432 g/mol. The van der Waals surface area contributed by atoms with Crippen LogP contribution in [0.15, 0.2) is 36.4 Å². The van der Waals surface area contributed by atoms with Gasteiger partial charge in [0.2, 0.25) is 0 Å². The van der Waals surface area contributed by atoms with Crippen LogP contribution in [-0.2, 0) is 16.6 Å². The Morgan fingerprint density at radius 1 is 0.630 bits per heavy atom. The standard InChI is InChI=1S/2C11H11.C2H4.2ClH.Ti/c2*1-8-6-7-9(2)11-5-3-4-10(8)11;1-2;;;/h2*3-7H,1-2H3;1-2H2;2*1H;/q;;;;;+2/p-2. The summed E-state index contributed by atoms with van der Waals surface area (Å²) in [7, 11) is 0. The van der Waals surface area contributed by atoms with Gasteiger partial charge in [-0.3, -0.25) is 0 Å². The van der Waals surface area contributed by atoms with Crippen molar-refractivity contribution in [2.45, 2.75) is 45.6 Å². The fourth-order valence-electron chi connectivity index (χ4n) is 5.47. The van der Waals surface area contributed by atoms with Crippen molar-refractivity contribution >= 4 is 12.2 Å². The van der Waals surface area contributed by atoms with Crippen molar-refractivity contribution in [1.82, 2.24) is 0 Å². The van der Waals surface area contributed by atoms with Crippen LogP contribution in [0.1, 0.15) is 53.0 Å². The third-order valence-corrected chi connectivity index (χ3v) is 15.0. The first kappa shape index (κ1) is 20.9. The van der Waals surface area contributed by atoms with Gasteiger partial charge in [0.05, 0.1) is 0 Å². The Kier molecular flexibility index (Phi) is 5.61. The molecule has 1 fully saturated rings. The summed E-state index contributed by atoms with van der Waals surface area (Å²) in [6.45, 7) is 9.19. The first-order chi connectivity index (χ1) is 12.0. The predicted octanol–water partition coefficient (Wildman–Crippen LogP) is 0.768. The summed E-state index contributed by atoms with van der Waals surface area (Å²) in [6.07, 6.45) is 10.1. The SMILES string of the molecule is Cc1ccc(C)c2c1C=C[CH]2[Ti+2]1([CH]2C=Cc3c(C)ccc(C)c32)[CH2][CH2]1.[Cl-].[Cl-]. The maximum atomic E-state index is 2.59. The van der Waals surface area contributed by atoms with E-state index in [2.05, 4.69) is 76.3 Å². The zero-order valence-corrected chi connectivity index (χ0v) is 19.5. The molecule has 0 saturated carbocycles. The molecule has 3 aliphatic rings. The van der Waals surface area contributed by atoms with Gasteiger partial charge in [-0.2, -0.15) is 0 Å². The third-order valence-electron chi connectivity index (χ3n) is 7.05. The second-order valence-electron chi connectivity index (χ2n) is 8.46. The molecular weight excluding hydrogens is 407 g/mol. The smallest absolute Gasteiger partial charge is 1.00 e. The average Bonchev–Trinajstić information content (AvgIpc) is 3.07. The molecule has 0 amide bonds. The van der Waals surface area contributed by atoms with Crippen LogP contribution in [0.2, 0.25) is 9.45 Å². The van der Waals surface area contributed by atoms with Gasteiger partial charge < -0.3 is 24.8 Å². The van der Waals surface area contributed by atoms with E-state index in [4.69, 9.17) is 0 Å². The molecule has 27 heavy (non-hydrogen) atoms. The molecule has 2 unspecified atom stereocenters. The molecule has 0 bridgehead atoms. The number of fused-ring (bicyclic) bond motifs is 2. The van der Waals surface area contributed by atoms with Gasteiger partial charge in [0.25, 0.3) is 0 Å². The summed E-state index contributed by atoms with van der Waals surface area (Å²) in [5.41, 5.74) is 12.4. The summed E-state index contributed by atoms with van der Waals surface area (Å²) in [6, 6.07) is 9.29.